The predicted octanol–water partition coefficient (Wildman–Crippen LogP) is 2.32. The van der Waals surface area contributed by atoms with E-state index < -0.39 is 0 Å². The van der Waals surface area contributed by atoms with Crippen LogP contribution >= 0.6 is 33.9 Å². The molecule has 4 nitrogen and oxygen atoms in total. The van der Waals surface area contributed by atoms with Gasteiger partial charge in [0.25, 0.3) is 5.91 Å². The molecule has 0 unspecified atom stereocenters. The van der Waals surface area contributed by atoms with Gasteiger partial charge >= 0.3 is 0 Å². The van der Waals surface area contributed by atoms with Crippen molar-refractivity contribution in [2.24, 2.45) is 5.73 Å². The van der Waals surface area contributed by atoms with Gasteiger partial charge in [-0.1, -0.05) is 0 Å². The van der Waals surface area contributed by atoms with Crippen LogP contribution in [0.2, 0.25) is 0 Å². The minimum Gasteiger partial charge on any atom is -0.378 e. The molecule has 1 aromatic rings. The first-order valence-electron chi connectivity index (χ1n) is 6.55. The van der Waals surface area contributed by atoms with Crippen molar-refractivity contribution in [2.45, 2.75) is 25.4 Å². The molecule has 0 spiro atoms. The summed E-state index contributed by atoms with van der Waals surface area (Å²) in [4.78, 5) is 14.2. The number of ether oxygens (including phenoxy) is 1. The van der Waals surface area contributed by atoms with Gasteiger partial charge in [0.2, 0.25) is 0 Å². The van der Waals surface area contributed by atoms with E-state index in [4.69, 9.17) is 10.5 Å². The lowest BCUT2D eigenvalue weighted by Gasteiger charge is -2.31. The maximum absolute atomic E-state index is 12.3. The highest BCUT2D eigenvalue weighted by atomic mass is 127. The van der Waals surface area contributed by atoms with E-state index in [0.29, 0.717) is 12.6 Å². The lowest BCUT2D eigenvalue weighted by Crippen LogP contribution is -2.40. The number of hydrogen-bond acceptors (Lipinski definition) is 4. The molecule has 1 aliphatic rings. The quantitative estimate of drug-likeness (QED) is 0.616. The molecule has 0 bridgehead atoms. The molecule has 0 atom stereocenters. The highest BCUT2D eigenvalue weighted by Crippen LogP contribution is 2.21. The number of carbonyl (C=O) groups is 1. The fraction of sp³-hybridized carbons (Fsp3) is 0.615. The Morgan fingerprint density at radius 1 is 1.53 bits per heavy atom. The van der Waals surface area contributed by atoms with Crippen molar-refractivity contribution in [2.75, 3.05) is 26.2 Å². The van der Waals surface area contributed by atoms with Crippen molar-refractivity contribution in [3.05, 3.63) is 19.9 Å². The van der Waals surface area contributed by atoms with Crippen molar-refractivity contribution >= 4 is 39.8 Å². The Kier molecular flexibility index (Phi) is 6.06. The predicted molar refractivity (Wildman–Crippen MR) is 85.6 cm³/mol. The lowest BCUT2D eigenvalue weighted by molar-refractivity contribution is 0.00846. The molecule has 1 aliphatic heterocycles. The molecule has 0 aromatic carbocycles. The van der Waals surface area contributed by atoms with Crippen molar-refractivity contribution in [3.8, 4) is 0 Å². The van der Waals surface area contributed by atoms with Gasteiger partial charge in [0.15, 0.2) is 0 Å². The Morgan fingerprint density at radius 3 is 2.84 bits per heavy atom. The lowest BCUT2D eigenvalue weighted by atomic mass is 10.1. The van der Waals surface area contributed by atoms with Gasteiger partial charge in [0, 0.05) is 25.1 Å². The largest absolute Gasteiger partial charge is 0.378 e. The Hall–Kier alpha value is -0.180. The maximum Gasteiger partial charge on any atom is 0.254 e. The van der Waals surface area contributed by atoms with Crippen LogP contribution in [0, 0.1) is 2.88 Å². The van der Waals surface area contributed by atoms with Crippen molar-refractivity contribution in [1.82, 2.24) is 4.90 Å². The molecule has 2 rings (SSSR count). The molecular formula is C13H19IN2O2S. The second-order valence-corrected chi connectivity index (χ2v) is 7.45. The monoisotopic (exact) mass is 394 g/mol. The van der Waals surface area contributed by atoms with Gasteiger partial charge in [-0.2, -0.15) is 0 Å². The number of nitrogens with zero attached hydrogens (tertiary/aromatic N) is 1. The maximum atomic E-state index is 12.3. The number of carbonyl (C=O) groups excluding carboxylic acids is 1. The van der Waals surface area contributed by atoms with Gasteiger partial charge in [0.1, 0.15) is 0 Å². The topological polar surface area (TPSA) is 55.6 Å². The summed E-state index contributed by atoms with van der Waals surface area (Å²) in [5.41, 5.74) is 6.26. The fourth-order valence-electron chi connectivity index (χ4n) is 2.16. The van der Waals surface area contributed by atoms with E-state index in [1.807, 2.05) is 16.3 Å². The van der Waals surface area contributed by atoms with E-state index in [-0.39, 0.29) is 5.91 Å². The van der Waals surface area contributed by atoms with Gasteiger partial charge in [-0.05, 0) is 54.5 Å². The zero-order chi connectivity index (χ0) is 13.7. The summed E-state index contributed by atoms with van der Waals surface area (Å²) < 4.78 is 6.90. The molecule has 1 saturated heterocycles. The Morgan fingerprint density at radius 2 is 2.26 bits per heavy atom. The van der Waals surface area contributed by atoms with Gasteiger partial charge in [0.05, 0.1) is 14.6 Å². The Labute approximate surface area is 131 Å². The van der Waals surface area contributed by atoms with Gasteiger partial charge in [-0.3, -0.25) is 4.79 Å². The first-order chi connectivity index (χ1) is 9.20. The molecule has 6 heteroatoms. The number of rotatable bonds is 5. The second kappa shape index (κ2) is 7.56. The number of piperidine rings is 1. The van der Waals surface area contributed by atoms with Crippen molar-refractivity contribution in [3.63, 3.8) is 0 Å². The highest BCUT2D eigenvalue weighted by molar-refractivity contribution is 14.1. The van der Waals surface area contributed by atoms with Crippen LogP contribution in [0.15, 0.2) is 11.4 Å². The summed E-state index contributed by atoms with van der Waals surface area (Å²) in [5.74, 6) is 0.152. The summed E-state index contributed by atoms with van der Waals surface area (Å²) >= 11 is 3.86. The molecular weight excluding hydrogens is 375 g/mol. The third-order valence-electron chi connectivity index (χ3n) is 3.25. The molecule has 2 heterocycles. The normalized spacial score (nSPS) is 16.8. The molecule has 0 aliphatic carbocycles. The number of thiophene rings is 1. The van der Waals surface area contributed by atoms with Crippen LogP contribution in [0.25, 0.3) is 0 Å². The van der Waals surface area contributed by atoms with Crippen LogP contribution in [0.4, 0.5) is 0 Å². The van der Waals surface area contributed by atoms with Gasteiger partial charge in [-0.25, -0.2) is 0 Å². The van der Waals surface area contributed by atoms with E-state index in [2.05, 4.69) is 22.6 Å². The number of amides is 1. The van der Waals surface area contributed by atoms with Crippen molar-refractivity contribution in [1.29, 1.82) is 0 Å². The average Bonchev–Trinajstić information content (AvgIpc) is 2.86. The molecule has 1 amide bonds. The standard InChI is InChI=1S/C13H19IN2O2S/c14-12-8-10(9-19-12)13(17)16-5-2-11(3-6-16)18-7-1-4-15/h8-9,11H,1-7,15H2. The molecule has 1 fully saturated rings. The second-order valence-electron chi connectivity index (χ2n) is 4.64. The average molecular weight is 394 g/mol. The third-order valence-corrected chi connectivity index (χ3v) is 5.03. The first-order valence-corrected chi connectivity index (χ1v) is 8.51. The molecule has 2 N–H and O–H groups in total. The minimum absolute atomic E-state index is 0.152. The highest BCUT2D eigenvalue weighted by Gasteiger charge is 2.24. The number of nitrogens with two attached hydrogens (primary N) is 1. The number of hydrogen-bond donors (Lipinski definition) is 1. The van der Waals surface area contributed by atoms with Crippen molar-refractivity contribution < 1.29 is 9.53 Å². The van der Waals surface area contributed by atoms with Crippen LogP contribution in [0.5, 0.6) is 0 Å². The summed E-state index contributed by atoms with van der Waals surface area (Å²) in [7, 11) is 0. The fourth-order valence-corrected chi connectivity index (χ4v) is 3.48. The molecule has 0 radical (unpaired) electrons. The van der Waals surface area contributed by atoms with Gasteiger partial charge in [-0.15, -0.1) is 11.3 Å². The van der Waals surface area contributed by atoms with Crippen LogP contribution in [-0.2, 0) is 4.74 Å². The third kappa shape index (κ3) is 4.40. The molecule has 1 aromatic heterocycles. The van der Waals surface area contributed by atoms with Crippen LogP contribution in [0.1, 0.15) is 29.6 Å². The van der Waals surface area contributed by atoms with E-state index >= 15 is 0 Å². The molecule has 19 heavy (non-hydrogen) atoms. The Bertz CT molecular complexity index is 417. The zero-order valence-electron chi connectivity index (χ0n) is 10.8. The number of likely N-dealkylation sites (tertiary alicyclic amines) is 1. The molecule has 0 saturated carbocycles. The van der Waals surface area contributed by atoms with E-state index in [1.165, 1.54) is 0 Å². The van der Waals surface area contributed by atoms with E-state index in [1.54, 1.807) is 11.3 Å². The smallest absolute Gasteiger partial charge is 0.254 e. The Balaban J connectivity index is 1.78. The summed E-state index contributed by atoms with van der Waals surface area (Å²) in [5, 5.41) is 1.94. The minimum atomic E-state index is 0.152. The van der Waals surface area contributed by atoms with Crippen LogP contribution in [0.3, 0.4) is 0 Å². The van der Waals surface area contributed by atoms with Crippen LogP contribution < -0.4 is 5.73 Å². The van der Waals surface area contributed by atoms with E-state index in [0.717, 1.165) is 47.4 Å². The molecule has 106 valence electrons. The van der Waals surface area contributed by atoms with Gasteiger partial charge < -0.3 is 15.4 Å². The van der Waals surface area contributed by atoms with E-state index in [9.17, 15) is 4.79 Å². The van der Waals surface area contributed by atoms with Crippen LogP contribution in [-0.4, -0.2) is 43.2 Å². The SMILES string of the molecule is NCCCOC1CCN(C(=O)c2csc(I)c2)CC1. The summed E-state index contributed by atoms with van der Waals surface area (Å²) in [6, 6.07) is 1.96. The summed E-state index contributed by atoms with van der Waals surface area (Å²) in [6.45, 7) is 2.99. The number of halogens is 1. The first kappa shape index (κ1) is 15.2. The summed E-state index contributed by atoms with van der Waals surface area (Å²) in [6.07, 6.45) is 3.06. The zero-order valence-corrected chi connectivity index (χ0v) is 13.8.